The van der Waals surface area contributed by atoms with Crippen LogP contribution in [0.4, 0.5) is 0 Å². The van der Waals surface area contributed by atoms with Crippen molar-refractivity contribution in [3.63, 3.8) is 0 Å². The van der Waals surface area contributed by atoms with Gasteiger partial charge >= 0.3 is 5.97 Å². The van der Waals surface area contributed by atoms with Crippen LogP contribution in [0.1, 0.15) is 22.9 Å². The molecular weight excluding hydrogens is 424 g/mol. The molecule has 0 aliphatic carbocycles. The predicted octanol–water partition coefficient (Wildman–Crippen LogP) is 3.72. The zero-order valence-electron chi connectivity index (χ0n) is 15.8. The minimum Gasteiger partial charge on any atom is -0.496 e. The monoisotopic (exact) mass is 444 g/mol. The Bertz CT molecular complexity index is 1050. The molecule has 3 aromatic rings. The van der Waals surface area contributed by atoms with Gasteiger partial charge in [-0.15, -0.1) is 0 Å². The van der Waals surface area contributed by atoms with Crippen molar-refractivity contribution in [2.24, 2.45) is 0 Å². The first-order valence-corrected chi connectivity index (χ1v) is 9.71. The van der Waals surface area contributed by atoms with Crippen molar-refractivity contribution in [1.29, 1.82) is 0 Å². The molecular formula is C21H21BrN2O4. The van der Waals surface area contributed by atoms with E-state index in [1.807, 2.05) is 30.3 Å². The van der Waals surface area contributed by atoms with Crippen molar-refractivity contribution < 1.29 is 19.0 Å². The van der Waals surface area contributed by atoms with Crippen LogP contribution in [0.2, 0.25) is 0 Å². The van der Waals surface area contributed by atoms with E-state index >= 15 is 0 Å². The maximum Gasteiger partial charge on any atom is 0.323 e. The second kappa shape index (κ2) is 7.48. The van der Waals surface area contributed by atoms with Gasteiger partial charge in [0.15, 0.2) is 0 Å². The van der Waals surface area contributed by atoms with Crippen LogP contribution < -0.4 is 14.8 Å². The molecule has 7 heteroatoms. The number of carbonyl (C=O) groups excluding carboxylic acids is 1. The van der Waals surface area contributed by atoms with Gasteiger partial charge in [0.05, 0.1) is 31.8 Å². The summed E-state index contributed by atoms with van der Waals surface area (Å²) in [5.74, 6) is 1.07. The molecule has 0 fully saturated rings. The highest BCUT2D eigenvalue weighted by molar-refractivity contribution is 9.10. The zero-order valence-corrected chi connectivity index (χ0v) is 17.4. The fourth-order valence-electron chi connectivity index (χ4n) is 3.88. The maximum atomic E-state index is 12.4. The molecule has 4 rings (SSSR count). The number of ether oxygens (including phenoxy) is 3. The molecule has 1 aromatic heterocycles. The molecule has 146 valence electrons. The molecule has 2 atom stereocenters. The van der Waals surface area contributed by atoms with Gasteiger partial charge < -0.3 is 19.2 Å². The lowest BCUT2D eigenvalue weighted by Gasteiger charge is -2.31. The van der Waals surface area contributed by atoms with Crippen LogP contribution in [-0.4, -0.2) is 38.3 Å². The normalized spacial score (nSPS) is 18.6. The summed E-state index contributed by atoms with van der Waals surface area (Å²) in [7, 11) is 4.65. The zero-order chi connectivity index (χ0) is 19.8. The Labute approximate surface area is 171 Å². The van der Waals surface area contributed by atoms with Gasteiger partial charge in [0, 0.05) is 34.6 Å². The summed E-state index contributed by atoms with van der Waals surface area (Å²) in [5, 5.41) is 4.54. The van der Waals surface area contributed by atoms with Gasteiger partial charge in [-0.2, -0.15) is 0 Å². The summed E-state index contributed by atoms with van der Waals surface area (Å²) < 4.78 is 16.9. The average molecular weight is 445 g/mol. The number of hydrogen-bond acceptors (Lipinski definition) is 5. The Morgan fingerprint density at radius 1 is 1.11 bits per heavy atom. The van der Waals surface area contributed by atoms with Gasteiger partial charge in [-0.3, -0.25) is 10.1 Å². The quantitative estimate of drug-likeness (QED) is 0.599. The van der Waals surface area contributed by atoms with E-state index in [0.29, 0.717) is 17.9 Å². The number of hydrogen-bond donors (Lipinski definition) is 2. The molecule has 6 nitrogen and oxygen atoms in total. The molecule has 1 aliphatic rings. The van der Waals surface area contributed by atoms with Crippen LogP contribution in [0.3, 0.4) is 0 Å². The van der Waals surface area contributed by atoms with Crippen LogP contribution in [0.25, 0.3) is 10.9 Å². The molecule has 0 spiro atoms. The minimum atomic E-state index is -0.452. The number of esters is 1. The highest BCUT2D eigenvalue weighted by atomic mass is 79.9. The van der Waals surface area contributed by atoms with E-state index in [2.05, 4.69) is 32.3 Å². The Balaban J connectivity index is 1.91. The summed E-state index contributed by atoms with van der Waals surface area (Å²) in [4.78, 5) is 15.9. The van der Waals surface area contributed by atoms with Gasteiger partial charge in [-0.05, 0) is 33.6 Å². The third-order valence-corrected chi connectivity index (χ3v) is 5.83. The topological polar surface area (TPSA) is 72.6 Å². The van der Waals surface area contributed by atoms with Crippen molar-refractivity contribution in [1.82, 2.24) is 10.3 Å². The molecule has 28 heavy (non-hydrogen) atoms. The molecule has 0 bridgehead atoms. The van der Waals surface area contributed by atoms with Gasteiger partial charge in [0.25, 0.3) is 0 Å². The number of nitrogens with one attached hydrogen (secondary N) is 2. The van der Waals surface area contributed by atoms with Crippen LogP contribution in [0.15, 0.2) is 40.9 Å². The summed E-state index contributed by atoms with van der Waals surface area (Å²) >= 11 is 3.56. The Morgan fingerprint density at radius 2 is 1.86 bits per heavy atom. The maximum absolute atomic E-state index is 12.4. The number of fused-ring (bicyclic) bond motifs is 3. The highest BCUT2D eigenvalue weighted by Gasteiger charge is 2.36. The molecule has 0 saturated heterocycles. The first-order chi connectivity index (χ1) is 13.6. The SMILES string of the molecule is COC(=O)C1Cc2c([nH]c3ccccc23)C(c2cc(Br)c(OC)cc2OC)N1. The number of halogens is 1. The summed E-state index contributed by atoms with van der Waals surface area (Å²) in [6.45, 7) is 0. The molecule has 2 heterocycles. The number of para-hydroxylation sites is 1. The smallest absolute Gasteiger partial charge is 0.323 e. The lowest BCUT2D eigenvalue weighted by Crippen LogP contribution is -2.45. The van der Waals surface area contributed by atoms with E-state index < -0.39 is 6.04 Å². The lowest BCUT2D eigenvalue weighted by atomic mass is 9.90. The number of aromatic nitrogens is 1. The van der Waals surface area contributed by atoms with Crippen LogP contribution in [-0.2, 0) is 16.0 Å². The van der Waals surface area contributed by atoms with Gasteiger partial charge in [0.1, 0.15) is 17.5 Å². The van der Waals surface area contributed by atoms with E-state index in [9.17, 15) is 4.79 Å². The van der Waals surface area contributed by atoms with E-state index in [1.165, 1.54) is 7.11 Å². The van der Waals surface area contributed by atoms with Crippen molar-refractivity contribution >= 4 is 32.8 Å². The Hall–Kier alpha value is -2.51. The number of carbonyl (C=O) groups is 1. The number of benzene rings is 2. The Morgan fingerprint density at radius 3 is 2.57 bits per heavy atom. The number of methoxy groups -OCH3 is 3. The lowest BCUT2D eigenvalue weighted by molar-refractivity contribution is -0.143. The first kappa shape index (κ1) is 18.8. The molecule has 2 unspecified atom stereocenters. The third-order valence-electron chi connectivity index (χ3n) is 5.21. The molecule has 0 radical (unpaired) electrons. The summed E-state index contributed by atoms with van der Waals surface area (Å²) in [6.07, 6.45) is 0.558. The molecule has 2 N–H and O–H groups in total. The molecule has 1 aliphatic heterocycles. The number of H-pyrrole nitrogens is 1. The van der Waals surface area contributed by atoms with Crippen LogP contribution >= 0.6 is 15.9 Å². The van der Waals surface area contributed by atoms with E-state index in [-0.39, 0.29) is 12.0 Å². The van der Waals surface area contributed by atoms with Crippen LogP contribution in [0.5, 0.6) is 11.5 Å². The van der Waals surface area contributed by atoms with Crippen molar-refractivity contribution in [3.05, 3.63) is 57.7 Å². The van der Waals surface area contributed by atoms with E-state index in [4.69, 9.17) is 14.2 Å². The summed E-state index contributed by atoms with van der Waals surface area (Å²) in [5.41, 5.74) is 4.08. The van der Waals surface area contributed by atoms with E-state index in [1.54, 1.807) is 14.2 Å². The minimum absolute atomic E-state index is 0.266. The highest BCUT2D eigenvalue weighted by Crippen LogP contribution is 2.42. The van der Waals surface area contributed by atoms with E-state index in [0.717, 1.165) is 32.2 Å². The molecule has 0 amide bonds. The standard InChI is InChI=1S/C21H21BrN2O4/c1-26-17-10-18(27-2)14(22)8-13(17)20-19-12(9-16(24-20)21(25)28-3)11-6-4-5-7-15(11)23-19/h4-8,10,16,20,23-24H,9H2,1-3H3. The summed E-state index contributed by atoms with van der Waals surface area (Å²) in [6, 6.07) is 11.2. The fraction of sp³-hybridized carbons (Fsp3) is 0.286. The van der Waals surface area contributed by atoms with Gasteiger partial charge in [-0.1, -0.05) is 18.2 Å². The predicted molar refractivity (Wildman–Crippen MR) is 110 cm³/mol. The van der Waals surface area contributed by atoms with Crippen molar-refractivity contribution in [2.75, 3.05) is 21.3 Å². The largest absolute Gasteiger partial charge is 0.496 e. The fourth-order valence-corrected chi connectivity index (χ4v) is 4.41. The van der Waals surface area contributed by atoms with Crippen LogP contribution in [0, 0.1) is 0 Å². The number of aromatic amines is 1. The Kier molecular flexibility index (Phi) is 5.03. The van der Waals surface area contributed by atoms with Gasteiger partial charge in [0.2, 0.25) is 0 Å². The molecule has 0 saturated carbocycles. The van der Waals surface area contributed by atoms with Gasteiger partial charge in [-0.25, -0.2) is 0 Å². The second-order valence-electron chi connectivity index (χ2n) is 6.67. The van der Waals surface area contributed by atoms with Crippen molar-refractivity contribution in [3.8, 4) is 11.5 Å². The third kappa shape index (κ3) is 3.04. The average Bonchev–Trinajstić information content (AvgIpc) is 3.11. The molecule has 2 aromatic carbocycles. The second-order valence-corrected chi connectivity index (χ2v) is 7.53. The number of rotatable bonds is 4. The van der Waals surface area contributed by atoms with Crippen molar-refractivity contribution in [2.45, 2.75) is 18.5 Å². The first-order valence-electron chi connectivity index (χ1n) is 8.92.